The number of fused-ring (bicyclic) bond motifs is 1. The van der Waals surface area contributed by atoms with E-state index in [-0.39, 0.29) is 12.5 Å². The summed E-state index contributed by atoms with van der Waals surface area (Å²) in [6.07, 6.45) is -1.57. The van der Waals surface area contributed by atoms with Gasteiger partial charge in [0.25, 0.3) is 5.56 Å². The Morgan fingerprint density at radius 1 is 1.38 bits per heavy atom. The van der Waals surface area contributed by atoms with Gasteiger partial charge in [-0.3, -0.25) is 18.9 Å². The molecular weight excluding hydrogens is 343 g/mol. The number of nitrogens with one attached hydrogen (secondary N) is 1. The molecule has 1 aromatic rings. The summed E-state index contributed by atoms with van der Waals surface area (Å²) < 4.78 is 23.8. The lowest BCUT2D eigenvalue weighted by molar-refractivity contribution is -0.0857. The SMILES string of the molecule is Cc1cn([C@@H]2O[C@H](CO)[C@H]3C[C@H](CP(=O)(O)O)O[C@H]32)c(=O)[nH]c1=O. The molecule has 10 nitrogen and oxygen atoms in total. The fourth-order valence-electron chi connectivity index (χ4n) is 3.38. The molecule has 4 N–H and O–H groups in total. The van der Waals surface area contributed by atoms with Crippen LogP contribution < -0.4 is 11.2 Å². The van der Waals surface area contributed by atoms with Gasteiger partial charge < -0.3 is 24.4 Å². The van der Waals surface area contributed by atoms with Crippen molar-refractivity contribution in [2.75, 3.05) is 12.8 Å². The van der Waals surface area contributed by atoms with Gasteiger partial charge in [-0.1, -0.05) is 0 Å². The third-order valence-corrected chi connectivity index (χ3v) is 5.30. The van der Waals surface area contributed by atoms with Gasteiger partial charge in [0.05, 0.1) is 25.0 Å². The summed E-state index contributed by atoms with van der Waals surface area (Å²) >= 11 is 0. The number of aromatic nitrogens is 2. The predicted molar refractivity (Wildman–Crippen MR) is 80.7 cm³/mol. The maximum atomic E-state index is 12.1. The third-order valence-electron chi connectivity index (χ3n) is 4.42. The van der Waals surface area contributed by atoms with Crippen LogP contribution in [0.1, 0.15) is 18.2 Å². The van der Waals surface area contributed by atoms with Crippen molar-refractivity contribution < 1.29 is 28.9 Å². The fraction of sp³-hybridized carbons (Fsp3) is 0.692. The highest BCUT2D eigenvalue weighted by molar-refractivity contribution is 7.51. The first-order valence-corrected chi connectivity index (χ1v) is 9.28. The summed E-state index contributed by atoms with van der Waals surface area (Å²) in [6.45, 7) is 1.23. The summed E-state index contributed by atoms with van der Waals surface area (Å²) in [4.78, 5) is 44.0. The van der Waals surface area contributed by atoms with Crippen LogP contribution in [0.4, 0.5) is 0 Å². The number of nitrogens with zero attached hydrogens (tertiary/aromatic N) is 1. The highest BCUT2D eigenvalue weighted by atomic mass is 31.2. The maximum Gasteiger partial charge on any atom is 0.330 e. The van der Waals surface area contributed by atoms with E-state index in [4.69, 9.17) is 19.3 Å². The van der Waals surface area contributed by atoms with E-state index in [9.17, 15) is 19.3 Å². The lowest BCUT2D eigenvalue weighted by Crippen LogP contribution is -2.37. The zero-order valence-electron chi connectivity index (χ0n) is 12.9. The van der Waals surface area contributed by atoms with Crippen molar-refractivity contribution in [1.29, 1.82) is 0 Å². The molecule has 2 fully saturated rings. The van der Waals surface area contributed by atoms with Gasteiger partial charge in [-0.15, -0.1) is 0 Å². The minimum Gasteiger partial charge on any atom is -0.394 e. The lowest BCUT2D eigenvalue weighted by Gasteiger charge is -2.22. The Hall–Kier alpha value is -1.29. The zero-order chi connectivity index (χ0) is 17.6. The van der Waals surface area contributed by atoms with Crippen LogP contribution in [0.2, 0.25) is 0 Å². The van der Waals surface area contributed by atoms with Gasteiger partial charge in [0.2, 0.25) is 0 Å². The minimum atomic E-state index is -4.24. The van der Waals surface area contributed by atoms with E-state index in [0.717, 1.165) is 0 Å². The first kappa shape index (κ1) is 17.5. The van der Waals surface area contributed by atoms with E-state index in [1.165, 1.54) is 17.7 Å². The number of H-pyrrole nitrogens is 1. The minimum absolute atomic E-state index is 0.296. The Morgan fingerprint density at radius 2 is 2.08 bits per heavy atom. The van der Waals surface area contributed by atoms with Crippen molar-refractivity contribution in [2.45, 2.75) is 37.9 Å². The van der Waals surface area contributed by atoms with Crippen molar-refractivity contribution in [2.24, 2.45) is 5.92 Å². The molecular formula is C13H19N2O8P. The molecule has 0 spiro atoms. The molecule has 5 atom stereocenters. The van der Waals surface area contributed by atoms with Crippen molar-refractivity contribution in [3.05, 3.63) is 32.6 Å². The number of rotatable bonds is 4. The molecule has 1 aromatic heterocycles. The number of aliphatic hydroxyl groups excluding tert-OH is 1. The molecule has 24 heavy (non-hydrogen) atoms. The fourth-order valence-corrected chi connectivity index (χ4v) is 4.14. The van der Waals surface area contributed by atoms with Crippen LogP contribution in [0.3, 0.4) is 0 Å². The molecule has 0 bridgehead atoms. The molecule has 0 radical (unpaired) electrons. The van der Waals surface area contributed by atoms with E-state index in [0.29, 0.717) is 12.0 Å². The Kier molecular flexibility index (Phi) is 4.54. The van der Waals surface area contributed by atoms with E-state index >= 15 is 0 Å². The highest BCUT2D eigenvalue weighted by Crippen LogP contribution is 2.47. The number of ether oxygens (including phenoxy) is 2. The second kappa shape index (κ2) is 6.21. The third kappa shape index (κ3) is 3.26. The Morgan fingerprint density at radius 3 is 2.71 bits per heavy atom. The van der Waals surface area contributed by atoms with Crippen LogP contribution in [-0.2, 0) is 14.0 Å². The van der Waals surface area contributed by atoms with E-state index < -0.39 is 49.5 Å². The van der Waals surface area contributed by atoms with Gasteiger partial charge in [-0.2, -0.15) is 0 Å². The summed E-state index contributed by atoms with van der Waals surface area (Å²) in [5.74, 6) is -0.296. The predicted octanol–water partition coefficient (Wildman–Crippen LogP) is -1.31. The molecule has 11 heteroatoms. The monoisotopic (exact) mass is 362 g/mol. The van der Waals surface area contributed by atoms with Crippen molar-refractivity contribution in [3.63, 3.8) is 0 Å². The van der Waals surface area contributed by atoms with E-state index in [2.05, 4.69) is 4.98 Å². The molecule has 3 heterocycles. The largest absolute Gasteiger partial charge is 0.394 e. The molecule has 0 aromatic carbocycles. The first-order chi connectivity index (χ1) is 11.2. The van der Waals surface area contributed by atoms with Crippen molar-refractivity contribution in [1.82, 2.24) is 9.55 Å². The molecule has 2 aliphatic rings. The van der Waals surface area contributed by atoms with Gasteiger partial charge in [-0.25, -0.2) is 4.79 Å². The first-order valence-electron chi connectivity index (χ1n) is 7.48. The number of hydrogen-bond acceptors (Lipinski definition) is 6. The molecule has 0 amide bonds. The molecule has 2 aliphatic heterocycles. The maximum absolute atomic E-state index is 12.1. The van der Waals surface area contributed by atoms with Gasteiger partial charge in [-0.05, 0) is 13.3 Å². The van der Waals surface area contributed by atoms with E-state index in [1.54, 1.807) is 0 Å². The molecule has 134 valence electrons. The van der Waals surface area contributed by atoms with Gasteiger partial charge >= 0.3 is 13.3 Å². The topological polar surface area (TPSA) is 151 Å². The Balaban J connectivity index is 1.91. The van der Waals surface area contributed by atoms with Gasteiger partial charge in [0, 0.05) is 17.7 Å². The van der Waals surface area contributed by atoms with Gasteiger partial charge in [0.15, 0.2) is 6.23 Å². The second-order valence-electron chi connectivity index (χ2n) is 6.20. The summed E-state index contributed by atoms with van der Waals surface area (Å²) in [6, 6.07) is 0. The quantitative estimate of drug-likeness (QED) is 0.482. The van der Waals surface area contributed by atoms with E-state index in [1.807, 2.05) is 0 Å². The zero-order valence-corrected chi connectivity index (χ0v) is 13.8. The lowest BCUT2D eigenvalue weighted by atomic mass is 9.95. The van der Waals surface area contributed by atoms with Crippen LogP contribution in [0, 0.1) is 12.8 Å². The average Bonchev–Trinajstić information content (AvgIpc) is 2.99. The summed E-state index contributed by atoms with van der Waals surface area (Å²) in [5.41, 5.74) is -0.863. The number of aromatic amines is 1. The summed E-state index contributed by atoms with van der Waals surface area (Å²) in [5, 5.41) is 9.49. The standard InChI is InChI=1S/C13H19N2O8P/c1-6-3-15(13(18)14-11(6)17)12-10-8(9(4-16)23-12)2-7(22-10)5-24(19,20)21/h3,7-10,12,16H,2,4-5H2,1H3,(H,14,17,18)(H2,19,20,21)/t7-,8-,9-,10-,12-/m1/s1. The van der Waals surface area contributed by atoms with Crippen molar-refractivity contribution in [3.8, 4) is 0 Å². The van der Waals surface area contributed by atoms with Crippen LogP contribution in [0.25, 0.3) is 0 Å². The van der Waals surface area contributed by atoms with Crippen molar-refractivity contribution >= 4 is 7.60 Å². The smallest absolute Gasteiger partial charge is 0.330 e. The molecule has 0 saturated carbocycles. The van der Waals surface area contributed by atoms with Crippen LogP contribution in [0.15, 0.2) is 15.8 Å². The number of aryl methyl sites for hydroxylation is 1. The second-order valence-corrected chi connectivity index (χ2v) is 7.89. The van der Waals surface area contributed by atoms with Crippen LogP contribution >= 0.6 is 7.60 Å². The molecule has 0 aliphatic carbocycles. The molecule has 2 saturated heterocycles. The average molecular weight is 362 g/mol. The normalized spacial score (nSPS) is 32.9. The van der Waals surface area contributed by atoms with Gasteiger partial charge in [0.1, 0.15) is 6.10 Å². The molecule has 3 rings (SSSR count). The number of hydrogen-bond donors (Lipinski definition) is 4. The highest BCUT2D eigenvalue weighted by Gasteiger charge is 2.52. The van der Waals surface area contributed by atoms with Crippen LogP contribution in [-0.4, -0.2) is 55.5 Å². The number of aliphatic hydroxyl groups is 1. The van der Waals surface area contributed by atoms with Crippen LogP contribution in [0.5, 0.6) is 0 Å². The summed E-state index contributed by atoms with van der Waals surface area (Å²) in [7, 11) is -4.24. The Bertz CT molecular complexity index is 783. The Labute approximate surface area is 136 Å². The molecule has 0 unspecified atom stereocenters.